The first-order chi connectivity index (χ1) is 20.8. The molecule has 0 saturated carbocycles. The first-order valence-electron chi connectivity index (χ1n) is 14.5. The largest absolute Gasteiger partial charge is 0.0622 e. The Morgan fingerprint density at radius 1 is 0.262 bits per heavy atom. The minimum Gasteiger partial charge on any atom is -0.0622 e. The second-order valence-corrected chi connectivity index (χ2v) is 11.0. The fourth-order valence-electron chi connectivity index (χ4n) is 6.19. The summed E-state index contributed by atoms with van der Waals surface area (Å²) in [6, 6.07) is 52.8. The third-order valence-corrected chi connectivity index (χ3v) is 8.37. The van der Waals surface area contributed by atoms with E-state index in [0.717, 1.165) is 0 Å². The molecule has 0 spiro atoms. The van der Waals surface area contributed by atoms with Gasteiger partial charge in [-0.2, -0.15) is 0 Å². The van der Waals surface area contributed by atoms with E-state index in [1.807, 2.05) is 0 Å². The van der Waals surface area contributed by atoms with E-state index in [9.17, 15) is 0 Å². The number of rotatable bonds is 4. The van der Waals surface area contributed by atoms with E-state index < -0.39 is 0 Å². The van der Waals surface area contributed by atoms with Crippen LogP contribution in [0.2, 0.25) is 0 Å². The van der Waals surface area contributed by atoms with E-state index in [-0.39, 0.29) is 0 Å². The molecule has 42 heavy (non-hydrogen) atoms. The van der Waals surface area contributed by atoms with Crippen LogP contribution in [-0.2, 0) is 0 Å². The van der Waals surface area contributed by atoms with Crippen molar-refractivity contribution in [3.63, 3.8) is 0 Å². The van der Waals surface area contributed by atoms with Gasteiger partial charge in [0.05, 0.1) is 0 Å². The minimum absolute atomic E-state index is 1.20. The summed E-state index contributed by atoms with van der Waals surface area (Å²) >= 11 is 0. The molecule has 8 aromatic carbocycles. The first-order valence-corrected chi connectivity index (χ1v) is 14.5. The van der Waals surface area contributed by atoms with Gasteiger partial charge in [0.1, 0.15) is 0 Å². The molecule has 196 valence electrons. The van der Waals surface area contributed by atoms with Gasteiger partial charge in [0, 0.05) is 0 Å². The van der Waals surface area contributed by atoms with Gasteiger partial charge < -0.3 is 0 Å². The van der Waals surface area contributed by atoms with E-state index in [1.165, 1.54) is 76.1 Å². The molecule has 0 atom stereocenters. The molecule has 0 aliphatic heterocycles. The Morgan fingerprint density at radius 3 is 1.26 bits per heavy atom. The molecule has 8 rings (SSSR count). The van der Waals surface area contributed by atoms with Gasteiger partial charge in [-0.3, -0.25) is 0 Å². The number of hydrogen-bond donors (Lipinski definition) is 0. The van der Waals surface area contributed by atoms with Crippen molar-refractivity contribution in [2.45, 2.75) is 0 Å². The lowest BCUT2D eigenvalue weighted by Crippen LogP contribution is -1.83. The van der Waals surface area contributed by atoms with Gasteiger partial charge in [0.15, 0.2) is 0 Å². The van der Waals surface area contributed by atoms with Crippen molar-refractivity contribution in [3.8, 4) is 0 Å². The summed E-state index contributed by atoms with van der Waals surface area (Å²) in [7, 11) is 0. The summed E-state index contributed by atoms with van der Waals surface area (Å²) in [4.78, 5) is 0. The Kier molecular flexibility index (Phi) is 5.90. The smallest absolute Gasteiger partial charge is 0.00266 e. The zero-order valence-corrected chi connectivity index (χ0v) is 23.2. The van der Waals surface area contributed by atoms with Gasteiger partial charge in [0.25, 0.3) is 0 Å². The Labute approximate surface area is 245 Å². The molecule has 0 aliphatic rings. The summed E-state index contributed by atoms with van der Waals surface area (Å²) in [6.45, 7) is 0. The van der Waals surface area contributed by atoms with Gasteiger partial charge in [-0.1, -0.05) is 152 Å². The molecule has 0 unspecified atom stereocenters. The molecule has 0 amide bonds. The molecule has 0 heterocycles. The molecule has 0 radical (unpaired) electrons. The second-order valence-electron chi connectivity index (χ2n) is 11.0. The van der Waals surface area contributed by atoms with Crippen LogP contribution < -0.4 is 0 Å². The Bertz CT molecular complexity index is 2330. The van der Waals surface area contributed by atoms with E-state index in [2.05, 4.69) is 170 Å². The van der Waals surface area contributed by atoms with Crippen LogP contribution in [0.1, 0.15) is 22.3 Å². The quantitative estimate of drug-likeness (QED) is 0.156. The molecule has 0 bridgehead atoms. The van der Waals surface area contributed by atoms with Gasteiger partial charge in [-0.05, 0) is 94.3 Å². The lowest BCUT2D eigenvalue weighted by atomic mass is 9.95. The van der Waals surface area contributed by atoms with E-state index in [4.69, 9.17) is 0 Å². The van der Waals surface area contributed by atoms with Crippen molar-refractivity contribution in [2.75, 3.05) is 0 Å². The maximum absolute atomic E-state index is 2.34. The van der Waals surface area contributed by atoms with Crippen molar-refractivity contribution in [3.05, 3.63) is 168 Å². The minimum atomic E-state index is 1.20. The average Bonchev–Trinajstić information content (AvgIpc) is 3.06. The van der Waals surface area contributed by atoms with Crippen LogP contribution in [0.4, 0.5) is 0 Å². The first kappa shape index (κ1) is 24.3. The maximum atomic E-state index is 2.34. The third kappa shape index (κ3) is 4.44. The molecular formula is C42H28. The van der Waals surface area contributed by atoms with Crippen LogP contribution in [0.3, 0.4) is 0 Å². The highest BCUT2D eigenvalue weighted by atomic mass is 14.1. The van der Waals surface area contributed by atoms with Crippen LogP contribution in [0.5, 0.6) is 0 Å². The van der Waals surface area contributed by atoms with Crippen LogP contribution in [0.25, 0.3) is 78.2 Å². The fourth-order valence-corrected chi connectivity index (χ4v) is 6.19. The molecule has 0 aromatic heterocycles. The van der Waals surface area contributed by atoms with Crippen LogP contribution in [0, 0.1) is 0 Å². The predicted molar refractivity (Wildman–Crippen MR) is 185 cm³/mol. The monoisotopic (exact) mass is 532 g/mol. The standard InChI is InChI=1S/C42H28/c1-2-6-29(7-3-1)10-11-30-14-17-34-20-21-35-18-15-31(27-40(35)39(34)26-30)12-13-32-16-19-36-23-25-37-24-22-33-8-4-5-9-38(33)42(37)41(36)28-32/h1-28H/b11-10-,13-12+. The number of benzene rings is 8. The van der Waals surface area contributed by atoms with Crippen molar-refractivity contribution < 1.29 is 0 Å². The molecule has 0 nitrogen and oxygen atoms in total. The highest BCUT2D eigenvalue weighted by molar-refractivity contribution is 6.20. The summed E-state index contributed by atoms with van der Waals surface area (Å²) in [5, 5.41) is 12.8. The molecule has 0 saturated heterocycles. The Balaban J connectivity index is 1.19. The van der Waals surface area contributed by atoms with Crippen LogP contribution >= 0.6 is 0 Å². The number of fused-ring (bicyclic) bond motifs is 8. The molecule has 8 aromatic rings. The predicted octanol–water partition coefficient (Wildman–Crippen LogP) is 11.8. The molecule has 0 fully saturated rings. The summed E-state index contributed by atoms with van der Waals surface area (Å²) in [6.07, 6.45) is 8.85. The van der Waals surface area contributed by atoms with E-state index >= 15 is 0 Å². The SMILES string of the molecule is C(=C/c1ccc2ccc3ccc(/C=C/c4ccc5ccc6ccc7ccccc7c6c5c4)cc3c2c1)/c1ccccc1. The molecular weight excluding hydrogens is 504 g/mol. The Hall–Kier alpha value is -5.46. The lowest BCUT2D eigenvalue weighted by molar-refractivity contribution is 1.66. The summed E-state index contributed by atoms with van der Waals surface area (Å²) in [5.74, 6) is 0. The van der Waals surface area contributed by atoms with Gasteiger partial charge in [-0.25, -0.2) is 0 Å². The Morgan fingerprint density at radius 2 is 0.667 bits per heavy atom. The molecule has 0 heteroatoms. The average molecular weight is 533 g/mol. The van der Waals surface area contributed by atoms with Crippen LogP contribution in [-0.4, -0.2) is 0 Å². The zero-order valence-electron chi connectivity index (χ0n) is 23.2. The number of hydrogen-bond acceptors (Lipinski definition) is 0. The van der Waals surface area contributed by atoms with E-state index in [0.29, 0.717) is 0 Å². The van der Waals surface area contributed by atoms with Crippen molar-refractivity contribution >= 4 is 78.2 Å². The van der Waals surface area contributed by atoms with Crippen molar-refractivity contribution in [1.82, 2.24) is 0 Å². The lowest BCUT2D eigenvalue weighted by Gasteiger charge is -2.09. The fraction of sp³-hybridized carbons (Fsp3) is 0. The highest BCUT2D eigenvalue weighted by Crippen LogP contribution is 2.33. The summed E-state index contributed by atoms with van der Waals surface area (Å²) in [5.41, 5.74) is 4.81. The maximum Gasteiger partial charge on any atom is -0.00266 e. The zero-order chi connectivity index (χ0) is 27.9. The normalized spacial score (nSPS) is 12.1. The van der Waals surface area contributed by atoms with Crippen LogP contribution in [0.15, 0.2) is 146 Å². The second kappa shape index (κ2) is 10.2. The topological polar surface area (TPSA) is 0 Å². The van der Waals surface area contributed by atoms with Gasteiger partial charge in [0.2, 0.25) is 0 Å². The summed E-state index contributed by atoms with van der Waals surface area (Å²) < 4.78 is 0. The van der Waals surface area contributed by atoms with Crippen molar-refractivity contribution in [1.29, 1.82) is 0 Å². The molecule has 0 aliphatic carbocycles. The van der Waals surface area contributed by atoms with Gasteiger partial charge in [-0.15, -0.1) is 0 Å². The van der Waals surface area contributed by atoms with Gasteiger partial charge >= 0.3 is 0 Å². The highest BCUT2D eigenvalue weighted by Gasteiger charge is 2.06. The van der Waals surface area contributed by atoms with E-state index in [1.54, 1.807) is 0 Å². The third-order valence-electron chi connectivity index (χ3n) is 8.37. The molecule has 0 N–H and O–H groups in total. The van der Waals surface area contributed by atoms with Crippen molar-refractivity contribution in [2.24, 2.45) is 0 Å².